The number of halogens is 1. The highest BCUT2D eigenvalue weighted by atomic mass is 79.9. The van der Waals surface area contributed by atoms with E-state index in [0.717, 1.165) is 21.6 Å². The van der Waals surface area contributed by atoms with Gasteiger partial charge in [0.15, 0.2) is 0 Å². The summed E-state index contributed by atoms with van der Waals surface area (Å²) in [5, 5.41) is 3.25. The van der Waals surface area contributed by atoms with Crippen molar-refractivity contribution in [3.8, 4) is 5.75 Å². The van der Waals surface area contributed by atoms with Gasteiger partial charge >= 0.3 is 5.97 Å². The minimum atomic E-state index is -0.389. The van der Waals surface area contributed by atoms with Crippen LogP contribution in [0.1, 0.15) is 16.1 Å². The van der Waals surface area contributed by atoms with Crippen LogP contribution in [0.25, 0.3) is 0 Å². The maximum Gasteiger partial charge on any atom is 0.339 e. The zero-order chi connectivity index (χ0) is 15.2. The fourth-order valence-electron chi connectivity index (χ4n) is 1.73. The zero-order valence-corrected chi connectivity index (χ0v) is 13.3. The molecule has 2 rings (SSSR count). The number of hydrogen-bond acceptors (Lipinski definition) is 5. The van der Waals surface area contributed by atoms with Crippen molar-refractivity contribution in [3.63, 3.8) is 0 Å². The first-order chi connectivity index (χ1) is 10.1. The minimum absolute atomic E-state index is 0.389. The predicted octanol–water partition coefficient (Wildman–Crippen LogP) is 3.25. The molecule has 1 N–H and O–H groups in total. The summed E-state index contributed by atoms with van der Waals surface area (Å²) < 4.78 is 10.8. The number of carbonyl (C=O) groups is 1. The smallest absolute Gasteiger partial charge is 0.339 e. The molecule has 1 aromatic heterocycles. The number of methoxy groups -OCH3 is 2. The largest absolute Gasteiger partial charge is 0.495 e. The highest BCUT2D eigenvalue weighted by molar-refractivity contribution is 9.10. The molecule has 0 fully saturated rings. The Morgan fingerprint density at radius 2 is 2.10 bits per heavy atom. The van der Waals surface area contributed by atoms with Gasteiger partial charge in [0.2, 0.25) is 0 Å². The molecule has 0 saturated heterocycles. The van der Waals surface area contributed by atoms with Crippen LogP contribution in [-0.4, -0.2) is 25.2 Å². The standard InChI is InChI=1S/C15H15BrN2O3/c1-20-14-7-11(5-6-13(14)16)18-9-12-4-3-10(8-17-12)15(19)21-2/h3-8,18H,9H2,1-2H3. The van der Waals surface area contributed by atoms with Gasteiger partial charge in [-0.2, -0.15) is 0 Å². The number of aromatic nitrogens is 1. The highest BCUT2D eigenvalue weighted by Gasteiger charge is 2.06. The van der Waals surface area contributed by atoms with Crippen molar-refractivity contribution in [2.45, 2.75) is 6.54 Å². The van der Waals surface area contributed by atoms with E-state index in [4.69, 9.17) is 4.74 Å². The van der Waals surface area contributed by atoms with Crippen LogP contribution >= 0.6 is 15.9 Å². The number of pyridine rings is 1. The molecule has 0 saturated carbocycles. The second-order valence-electron chi connectivity index (χ2n) is 4.23. The van der Waals surface area contributed by atoms with E-state index >= 15 is 0 Å². The van der Waals surface area contributed by atoms with Gasteiger partial charge in [-0.25, -0.2) is 4.79 Å². The molecule has 0 bridgehead atoms. The average Bonchev–Trinajstić information content (AvgIpc) is 2.53. The molecular formula is C15H15BrN2O3. The number of nitrogens with one attached hydrogen (secondary N) is 1. The van der Waals surface area contributed by atoms with Crippen molar-refractivity contribution in [1.29, 1.82) is 0 Å². The molecule has 0 atom stereocenters. The Morgan fingerprint density at radius 3 is 2.71 bits per heavy atom. The summed E-state index contributed by atoms with van der Waals surface area (Å²) in [4.78, 5) is 15.5. The van der Waals surface area contributed by atoms with Crippen LogP contribution in [0.5, 0.6) is 5.75 Å². The van der Waals surface area contributed by atoms with Crippen molar-refractivity contribution in [2.75, 3.05) is 19.5 Å². The van der Waals surface area contributed by atoms with Gasteiger partial charge in [0.05, 0.1) is 36.5 Å². The van der Waals surface area contributed by atoms with Gasteiger partial charge in [0.25, 0.3) is 0 Å². The first-order valence-corrected chi connectivity index (χ1v) is 7.04. The zero-order valence-electron chi connectivity index (χ0n) is 11.7. The molecule has 21 heavy (non-hydrogen) atoms. The molecule has 5 nitrogen and oxygen atoms in total. The maximum atomic E-state index is 11.3. The van der Waals surface area contributed by atoms with Gasteiger partial charge in [-0.1, -0.05) is 0 Å². The highest BCUT2D eigenvalue weighted by Crippen LogP contribution is 2.27. The van der Waals surface area contributed by atoms with Crippen molar-refractivity contribution < 1.29 is 14.3 Å². The van der Waals surface area contributed by atoms with Crippen molar-refractivity contribution in [3.05, 3.63) is 52.3 Å². The molecule has 0 unspecified atom stereocenters. The van der Waals surface area contributed by atoms with E-state index in [1.54, 1.807) is 19.2 Å². The van der Waals surface area contributed by atoms with Gasteiger partial charge in [0.1, 0.15) is 5.75 Å². The molecule has 0 radical (unpaired) electrons. The Balaban J connectivity index is 2.01. The number of rotatable bonds is 5. The van der Waals surface area contributed by atoms with Gasteiger partial charge in [-0.3, -0.25) is 4.98 Å². The van der Waals surface area contributed by atoms with Crippen LogP contribution in [-0.2, 0) is 11.3 Å². The molecule has 6 heteroatoms. The SMILES string of the molecule is COC(=O)c1ccc(CNc2ccc(Br)c(OC)c2)nc1. The molecule has 0 amide bonds. The summed E-state index contributed by atoms with van der Waals surface area (Å²) in [7, 11) is 2.97. The number of carbonyl (C=O) groups excluding carboxylic acids is 1. The molecule has 1 aromatic carbocycles. The third kappa shape index (κ3) is 3.95. The van der Waals surface area contributed by atoms with Gasteiger partial charge in [0, 0.05) is 18.0 Å². The first kappa shape index (κ1) is 15.3. The Kier molecular flexibility index (Phi) is 5.16. The third-order valence-electron chi connectivity index (χ3n) is 2.87. The van der Waals surface area contributed by atoms with E-state index < -0.39 is 0 Å². The Labute approximate surface area is 131 Å². The Hall–Kier alpha value is -2.08. The normalized spacial score (nSPS) is 10.0. The lowest BCUT2D eigenvalue weighted by molar-refractivity contribution is 0.0600. The molecule has 0 aliphatic rings. The summed E-state index contributed by atoms with van der Waals surface area (Å²) in [5.41, 5.74) is 2.19. The second kappa shape index (κ2) is 7.08. The molecular weight excluding hydrogens is 336 g/mol. The van der Waals surface area contributed by atoms with Crippen LogP contribution < -0.4 is 10.1 Å². The van der Waals surface area contributed by atoms with E-state index in [1.165, 1.54) is 13.3 Å². The Bertz CT molecular complexity index is 629. The quantitative estimate of drug-likeness (QED) is 0.838. The lowest BCUT2D eigenvalue weighted by Gasteiger charge is -2.09. The summed E-state index contributed by atoms with van der Waals surface area (Å²) in [6, 6.07) is 9.23. The van der Waals surface area contributed by atoms with Gasteiger partial charge in [-0.05, 0) is 40.2 Å². The van der Waals surface area contributed by atoms with Crippen molar-refractivity contribution >= 4 is 27.6 Å². The van der Waals surface area contributed by atoms with E-state index in [2.05, 4.69) is 31.0 Å². The van der Waals surface area contributed by atoms with Crippen LogP contribution in [0, 0.1) is 0 Å². The van der Waals surface area contributed by atoms with Crippen molar-refractivity contribution in [2.24, 2.45) is 0 Å². The summed E-state index contributed by atoms with van der Waals surface area (Å²) >= 11 is 3.41. The fourth-order valence-corrected chi connectivity index (χ4v) is 2.14. The Morgan fingerprint density at radius 1 is 1.29 bits per heavy atom. The monoisotopic (exact) mass is 350 g/mol. The number of hydrogen-bond donors (Lipinski definition) is 1. The number of esters is 1. The fraction of sp³-hybridized carbons (Fsp3) is 0.200. The van der Waals surface area contributed by atoms with Crippen LogP contribution in [0.2, 0.25) is 0 Å². The molecule has 0 spiro atoms. The molecule has 110 valence electrons. The minimum Gasteiger partial charge on any atom is -0.495 e. The average molecular weight is 351 g/mol. The number of benzene rings is 1. The van der Waals surface area contributed by atoms with E-state index in [9.17, 15) is 4.79 Å². The van der Waals surface area contributed by atoms with Gasteiger partial charge < -0.3 is 14.8 Å². The third-order valence-corrected chi connectivity index (χ3v) is 3.53. The molecule has 0 aliphatic heterocycles. The summed E-state index contributed by atoms with van der Waals surface area (Å²) in [6.45, 7) is 0.548. The maximum absolute atomic E-state index is 11.3. The topological polar surface area (TPSA) is 60.5 Å². The van der Waals surface area contributed by atoms with Crippen molar-refractivity contribution in [1.82, 2.24) is 4.98 Å². The van der Waals surface area contributed by atoms with E-state index in [0.29, 0.717) is 12.1 Å². The van der Waals surface area contributed by atoms with E-state index in [-0.39, 0.29) is 5.97 Å². The second-order valence-corrected chi connectivity index (χ2v) is 5.09. The summed E-state index contributed by atoms with van der Waals surface area (Å²) in [5.74, 6) is 0.369. The lowest BCUT2D eigenvalue weighted by atomic mass is 10.2. The first-order valence-electron chi connectivity index (χ1n) is 6.24. The predicted molar refractivity (Wildman–Crippen MR) is 83.6 cm³/mol. The number of ether oxygens (including phenoxy) is 2. The number of nitrogens with zero attached hydrogens (tertiary/aromatic N) is 1. The van der Waals surface area contributed by atoms with E-state index in [1.807, 2.05) is 18.2 Å². The van der Waals surface area contributed by atoms with Crippen LogP contribution in [0.3, 0.4) is 0 Å². The van der Waals surface area contributed by atoms with Crippen LogP contribution in [0.15, 0.2) is 41.0 Å². The lowest BCUT2D eigenvalue weighted by Crippen LogP contribution is -2.05. The number of anilines is 1. The molecule has 2 aromatic rings. The molecule has 0 aliphatic carbocycles. The van der Waals surface area contributed by atoms with Gasteiger partial charge in [-0.15, -0.1) is 0 Å². The van der Waals surface area contributed by atoms with Crippen LogP contribution in [0.4, 0.5) is 5.69 Å². The molecule has 1 heterocycles. The summed E-state index contributed by atoms with van der Waals surface area (Å²) in [6.07, 6.45) is 1.50.